The van der Waals surface area contributed by atoms with E-state index in [2.05, 4.69) is 6.07 Å². The Bertz CT molecular complexity index is 1090. The van der Waals surface area contributed by atoms with Crippen molar-refractivity contribution in [3.05, 3.63) is 87.7 Å². The van der Waals surface area contributed by atoms with Crippen molar-refractivity contribution < 1.29 is 24.4 Å². The van der Waals surface area contributed by atoms with Gasteiger partial charge in [0, 0.05) is 21.7 Å². The molecule has 2 aromatic carbocycles. The summed E-state index contributed by atoms with van der Waals surface area (Å²) in [6.07, 6.45) is -2.48. The molecule has 0 bridgehead atoms. The highest BCUT2D eigenvalue weighted by atomic mass is 32.1. The predicted molar refractivity (Wildman–Crippen MR) is 116 cm³/mol. The summed E-state index contributed by atoms with van der Waals surface area (Å²) in [4.78, 5) is 2.22. The van der Waals surface area contributed by atoms with Crippen LogP contribution < -0.4 is 0 Å². The van der Waals surface area contributed by atoms with Crippen LogP contribution in [0.25, 0.3) is 16.2 Å². The van der Waals surface area contributed by atoms with Gasteiger partial charge in [-0.2, -0.15) is 0 Å². The Morgan fingerprint density at radius 1 is 1.00 bits per heavy atom. The smallest absolute Gasteiger partial charge is 0.167 e. The molecule has 6 heteroatoms. The first-order valence-electron chi connectivity index (χ1n) is 9.74. The van der Waals surface area contributed by atoms with Gasteiger partial charge in [-0.15, -0.1) is 11.3 Å². The Morgan fingerprint density at radius 2 is 1.70 bits per heavy atom. The van der Waals surface area contributed by atoms with Crippen molar-refractivity contribution >= 4 is 17.1 Å². The van der Waals surface area contributed by atoms with Crippen LogP contribution in [-0.2, 0) is 11.2 Å². The monoisotopic (exact) mass is 426 g/mol. The largest absolute Gasteiger partial charge is 0.506 e. The van der Waals surface area contributed by atoms with Crippen LogP contribution in [0.5, 0.6) is 0 Å². The number of thiophene rings is 1. The summed E-state index contributed by atoms with van der Waals surface area (Å²) in [5.41, 5.74) is 3.80. The molecule has 0 saturated carbocycles. The van der Waals surface area contributed by atoms with Gasteiger partial charge in [0.2, 0.25) is 0 Å². The molecule has 2 heterocycles. The second-order valence-corrected chi connectivity index (χ2v) is 8.73. The Labute approximate surface area is 178 Å². The minimum atomic E-state index is -1.37. The lowest BCUT2D eigenvalue weighted by Gasteiger charge is -2.32. The standard InChI is InChI=1S/C24H23FO4S/c1-13-3-4-16(24-23(28)22(27)21(26)14(2)29-24)11-17(13)12-19-9-10-20(30-19)15-5-7-18(25)8-6-15/h3-11,14,21-22,26-28H,12H2,1-2H3. The zero-order valence-corrected chi connectivity index (χ0v) is 17.5. The molecule has 156 valence electrons. The third-order valence-corrected chi connectivity index (χ3v) is 6.52. The minimum absolute atomic E-state index is 0.194. The number of hydrogen-bond donors (Lipinski definition) is 3. The van der Waals surface area contributed by atoms with Gasteiger partial charge in [-0.25, -0.2) is 4.39 Å². The van der Waals surface area contributed by atoms with Crippen LogP contribution in [0.3, 0.4) is 0 Å². The molecule has 0 aliphatic carbocycles. The molecular weight excluding hydrogens is 403 g/mol. The van der Waals surface area contributed by atoms with Gasteiger partial charge in [-0.05, 0) is 60.9 Å². The third kappa shape index (κ3) is 3.99. The van der Waals surface area contributed by atoms with Crippen LogP contribution in [0.15, 0.2) is 60.4 Å². The summed E-state index contributed by atoms with van der Waals surface area (Å²) < 4.78 is 18.8. The highest BCUT2D eigenvalue weighted by Crippen LogP contribution is 2.33. The van der Waals surface area contributed by atoms with Crippen LogP contribution in [0.2, 0.25) is 0 Å². The van der Waals surface area contributed by atoms with Gasteiger partial charge in [-0.1, -0.05) is 24.3 Å². The SMILES string of the molecule is Cc1ccc(C2=C(O)C(O)C(O)C(C)O2)cc1Cc1ccc(-c2ccc(F)cc2)s1. The van der Waals surface area contributed by atoms with E-state index >= 15 is 0 Å². The maximum Gasteiger partial charge on any atom is 0.167 e. The van der Waals surface area contributed by atoms with E-state index in [0.717, 1.165) is 26.4 Å². The van der Waals surface area contributed by atoms with E-state index in [1.165, 1.54) is 12.1 Å². The first-order valence-corrected chi connectivity index (χ1v) is 10.6. The molecule has 0 fully saturated rings. The first kappa shape index (κ1) is 20.6. The van der Waals surface area contributed by atoms with Gasteiger partial charge in [0.05, 0.1) is 0 Å². The molecule has 3 aromatic rings. The molecule has 3 unspecified atom stereocenters. The van der Waals surface area contributed by atoms with Crippen LogP contribution in [0, 0.1) is 12.7 Å². The Hall–Kier alpha value is -2.67. The first-order chi connectivity index (χ1) is 14.3. The highest BCUT2D eigenvalue weighted by Gasteiger charge is 2.36. The van der Waals surface area contributed by atoms with Crippen LogP contribution in [0.4, 0.5) is 4.39 Å². The van der Waals surface area contributed by atoms with Gasteiger partial charge in [-0.3, -0.25) is 0 Å². The van der Waals surface area contributed by atoms with Crippen molar-refractivity contribution in [2.45, 2.75) is 38.6 Å². The number of ether oxygens (including phenoxy) is 1. The summed E-state index contributed by atoms with van der Waals surface area (Å²) in [7, 11) is 0. The van der Waals surface area contributed by atoms with E-state index < -0.39 is 18.3 Å². The molecule has 30 heavy (non-hydrogen) atoms. The summed E-state index contributed by atoms with van der Waals surface area (Å²) in [6, 6.07) is 16.3. The lowest BCUT2D eigenvalue weighted by molar-refractivity contribution is -0.0692. The number of hydrogen-bond acceptors (Lipinski definition) is 5. The number of aliphatic hydroxyl groups excluding tert-OH is 3. The Kier molecular flexibility index (Phi) is 5.64. The zero-order valence-electron chi connectivity index (χ0n) is 16.7. The van der Waals surface area contributed by atoms with Gasteiger partial charge < -0.3 is 20.1 Å². The lowest BCUT2D eigenvalue weighted by Crippen LogP contribution is -2.42. The fraction of sp³-hybridized carbons (Fsp3) is 0.250. The van der Waals surface area contributed by atoms with Crippen molar-refractivity contribution in [3.63, 3.8) is 0 Å². The molecule has 0 amide bonds. The summed E-state index contributed by atoms with van der Waals surface area (Å²) >= 11 is 1.65. The predicted octanol–water partition coefficient (Wildman–Crippen LogP) is 4.82. The van der Waals surface area contributed by atoms with E-state index in [0.29, 0.717) is 12.0 Å². The van der Waals surface area contributed by atoms with Gasteiger partial charge in [0.1, 0.15) is 24.1 Å². The molecule has 1 aliphatic heterocycles. The quantitative estimate of drug-likeness (QED) is 0.559. The molecule has 3 atom stereocenters. The molecular formula is C24H23FO4S. The molecule has 3 N–H and O–H groups in total. The van der Waals surface area contributed by atoms with Crippen molar-refractivity contribution in [2.24, 2.45) is 0 Å². The summed E-state index contributed by atoms with van der Waals surface area (Å²) in [5, 5.41) is 30.3. The fourth-order valence-electron chi connectivity index (χ4n) is 3.52. The topological polar surface area (TPSA) is 69.9 Å². The maximum absolute atomic E-state index is 13.2. The summed E-state index contributed by atoms with van der Waals surface area (Å²) in [5.74, 6) is -0.415. The van der Waals surface area contributed by atoms with Crippen molar-refractivity contribution in [1.82, 2.24) is 0 Å². The van der Waals surface area contributed by atoms with Gasteiger partial charge >= 0.3 is 0 Å². The van der Waals surface area contributed by atoms with E-state index in [-0.39, 0.29) is 17.3 Å². The molecule has 0 radical (unpaired) electrons. The van der Waals surface area contributed by atoms with Crippen LogP contribution in [0.1, 0.15) is 28.5 Å². The van der Waals surface area contributed by atoms with Crippen molar-refractivity contribution in [1.29, 1.82) is 0 Å². The number of halogens is 1. The average molecular weight is 427 g/mol. The van der Waals surface area contributed by atoms with E-state index in [1.807, 2.05) is 31.2 Å². The van der Waals surface area contributed by atoms with E-state index in [9.17, 15) is 19.7 Å². The second-order valence-electron chi connectivity index (χ2n) is 7.56. The van der Waals surface area contributed by atoms with E-state index in [1.54, 1.807) is 30.4 Å². The molecule has 1 aromatic heterocycles. The average Bonchev–Trinajstić information content (AvgIpc) is 3.20. The Morgan fingerprint density at radius 3 is 2.43 bits per heavy atom. The highest BCUT2D eigenvalue weighted by molar-refractivity contribution is 7.15. The number of aliphatic hydroxyl groups is 3. The van der Waals surface area contributed by atoms with Crippen LogP contribution in [-0.4, -0.2) is 33.6 Å². The van der Waals surface area contributed by atoms with Gasteiger partial charge in [0.25, 0.3) is 0 Å². The van der Waals surface area contributed by atoms with Gasteiger partial charge in [0.15, 0.2) is 11.5 Å². The number of rotatable bonds is 4. The molecule has 4 rings (SSSR count). The van der Waals surface area contributed by atoms with Crippen molar-refractivity contribution in [3.8, 4) is 10.4 Å². The minimum Gasteiger partial charge on any atom is -0.506 e. The third-order valence-electron chi connectivity index (χ3n) is 5.39. The van der Waals surface area contributed by atoms with Crippen LogP contribution >= 0.6 is 11.3 Å². The lowest BCUT2D eigenvalue weighted by atomic mass is 9.97. The number of aryl methyl sites for hydroxylation is 1. The molecule has 4 nitrogen and oxygen atoms in total. The van der Waals surface area contributed by atoms with Crippen molar-refractivity contribution in [2.75, 3.05) is 0 Å². The van der Waals surface area contributed by atoms with E-state index in [4.69, 9.17) is 4.74 Å². The maximum atomic E-state index is 13.2. The number of benzene rings is 2. The fourth-order valence-corrected chi connectivity index (χ4v) is 4.55. The Balaban J connectivity index is 1.61. The zero-order chi connectivity index (χ0) is 21.4. The molecule has 1 aliphatic rings. The molecule has 0 spiro atoms. The second kappa shape index (κ2) is 8.22. The molecule has 0 saturated heterocycles. The normalized spacial score (nSPS) is 21.6. The summed E-state index contributed by atoms with van der Waals surface area (Å²) in [6.45, 7) is 3.67.